The molecule has 0 N–H and O–H groups in total. The molecule has 0 radical (unpaired) electrons. The van der Waals surface area contributed by atoms with Crippen LogP contribution in [0, 0.1) is 0 Å². The molecule has 2 heterocycles. The van der Waals surface area contributed by atoms with Crippen molar-refractivity contribution >= 4 is 23.5 Å². The van der Waals surface area contributed by atoms with Gasteiger partial charge in [0.1, 0.15) is 5.82 Å². The van der Waals surface area contributed by atoms with E-state index in [0.29, 0.717) is 11.0 Å². The number of benzene rings is 1. The van der Waals surface area contributed by atoms with Crippen molar-refractivity contribution in [1.29, 1.82) is 0 Å². The lowest BCUT2D eigenvalue weighted by molar-refractivity contribution is 0.841. The maximum absolute atomic E-state index is 4.41. The van der Waals surface area contributed by atoms with Crippen LogP contribution in [-0.4, -0.2) is 30.0 Å². The highest BCUT2D eigenvalue weighted by Gasteiger charge is 2.16. The fraction of sp³-hybridized carbons (Fsp3) is 0.294. The molecule has 0 aliphatic heterocycles. The van der Waals surface area contributed by atoms with Crippen molar-refractivity contribution in [3.8, 4) is 5.69 Å². The zero-order chi connectivity index (χ0) is 16.8. The van der Waals surface area contributed by atoms with Crippen LogP contribution in [0.1, 0.15) is 26.1 Å². The second-order valence-electron chi connectivity index (χ2n) is 5.23. The zero-order valence-electron chi connectivity index (χ0n) is 13.7. The molecule has 3 rings (SSSR count). The minimum atomic E-state index is 0.495. The Balaban J connectivity index is 1.88. The number of para-hydroxylation sites is 1. The molecule has 0 bridgehead atoms. The molecule has 1 aromatic carbocycles. The predicted molar refractivity (Wildman–Crippen MR) is 98.6 cm³/mol. The molecule has 0 aliphatic carbocycles. The summed E-state index contributed by atoms with van der Waals surface area (Å²) in [6, 6.07) is 12.1. The standard InChI is InChI=1S/C17H19N5S2/c1-3-13(2)24-17-21-20-15(12-23-16-18-10-7-11-19-16)22(17)14-8-5-4-6-9-14/h4-11,13H,3,12H2,1-2H3/t13-/m1/s1. The van der Waals surface area contributed by atoms with Gasteiger partial charge in [-0.05, 0) is 24.6 Å². The van der Waals surface area contributed by atoms with Gasteiger partial charge in [0.05, 0.1) is 5.75 Å². The van der Waals surface area contributed by atoms with Crippen LogP contribution in [-0.2, 0) is 5.75 Å². The molecule has 1 atom stereocenters. The zero-order valence-corrected chi connectivity index (χ0v) is 15.3. The van der Waals surface area contributed by atoms with Crippen LogP contribution in [0.3, 0.4) is 0 Å². The molecule has 2 aromatic heterocycles. The number of aromatic nitrogens is 5. The van der Waals surface area contributed by atoms with Gasteiger partial charge in [-0.25, -0.2) is 9.97 Å². The van der Waals surface area contributed by atoms with E-state index in [-0.39, 0.29) is 0 Å². The molecule has 0 saturated heterocycles. The summed E-state index contributed by atoms with van der Waals surface area (Å²) in [6.07, 6.45) is 4.59. The van der Waals surface area contributed by atoms with Gasteiger partial charge in [0.15, 0.2) is 10.3 Å². The largest absolute Gasteiger partial charge is 0.273 e. The lowest BCUT2D eigenvalue weighted by Gasteiger charge is -2.12. The van der Waals surface area contributed by atoms with Gasteiger partial charge in [-0.1, -0.05) is 55.6 Å². The number of hydrogen-bond acceptors (Lipinski definition) is 6. The van der Waals surface area contributed by atoms with Gasteiger partial charge in [-0.3, -0.25) is 4.57 Å². The average molecular weight is 358 g/mol. The summed E-state index contributed by atoms with van der Waals surface area (Å²) in [5.41, 5.74) is 1.08. The molecule has 0 aliphatic rings. The summed E-state index contributed by atoms with van der Waals surface area (Å²) >= 11 is 3.32. The average Bonchev–Trinajstić information content (AvgIpc) is 3.04. The number of rotatable bonds is 7. The smallest absolute Gasteiger partial charge is 0.196 e. The van der Waals surface area contributed by atoms with E-state index >= 15 is 0 Å². The summed E-state index contributed by atoms with van der Waals surface area (Å²) in [6.45, 7) is 4.39. The summed E-state index contributed by atoms with van der Waals surface area (Å²) < 4.78 is 2.13. The van der Waals surface area contributed by atoms with Crippen molar-refractivity contribution in [2.45, 2.75) is 41.6 Å². The Morgan fingerprint density at radius 3 is 2.50 bits per heavy atom. The van der Waals surface area contributed by atoms with Gasteiger partial charge in [-0.15, -0.1) is 10.2 Å². The third kappa shape index (κ3) is 4.15. The number of thioether (sulfide) groups is 2. The van der Waals surface area contributed by atoms with Crippen LogP contribution >= 0.6 is 23.5 Å². The van der Waals surface area contributed by atoms with Gasteiger partial charge < -0.3 is 0 Å². The highest BCUT2D eigenvalue weighted by Crippen LogP contribution is 2.29. The van der Waals surface area contributed by atoms with E-state index in [9.17, 15) is 0 Å². The Kier molecular flexibility index (Phi) is 5.87. The van der Waals surface area contributed by atoms with Crippen LogP contribution in [0.25, 0.3) is 5.69 Å². The normalized spacial score (nSPS) is 12.2. The van der Waals surface area contributed by atoms with Crippen LogP contribution in [0.5, 0.6) is 0 Å². The molecule has 124 valence electrons. The Morgan fingerprint density at radius 1 is 1.04 bits per heavy atom. The van der Waals surface area contributed by atoms with Gasteiger partial charge in [0.25, 0.3) is 0 Å². The highest BCUT2D eigenvalue weighted by atomic mass is 32.2. The van der Waals surface area contributed by atoms with E-state index in [1.165, 1.54) is 0 Å². The van der Waals surface area contributed by atoms with Crippen molar-refractivity contribution in [1.82, 2.24) is 24.7 Å². The first-order chi connectivity index (χ1) is 11.8. The van der Waals surface area contributed by atoms with Crippen molar-refractivity contribution in [3.63, 3.8) is 0 Å². The van der Waals surface area contributed by atoms with Crippen molar-refractivity contribution in [2.24, 2.45) is 0 Å². The van der Waals surface area contributed by atoms with Crippen LogP contribution in [0.2, 0.25) is 0 Å². The maximum atomic E-state index is 4.41. The van der Waals surface area contributed by atoms with Crippen molar-refractivity contribution in [3.05, 3.63) is 54.6 Å². The van der Waals surface area contributed by atoms with Crippen LogP contribution < -0.4 is 0 Å². The Bertz CT molecular complexity index is 761. The Labute approximate surface area is 150 Å². The molecular weight excluding hydrogens is 338 g/mol. The lowest BCUT2D eigenvalue weighted by atomic mass is 10.3. The van der Waals surface area contributed by atoms with Crippen molar-refractivity contribution in [2.75, 3.05) is 0 Å². The summed E-state index contributed by atoms with van der Waals surface area (Å²) in [5, 5.41) is 11.0. The van der Waals surface area contributed by atoms with Crippen LogP contribution in [0.15, 0.2) is 59.1 Å². The molecule has 0 spiro atoms. The molecule has 24 heavy (non-hydrogen) atoms. The first-order valence-corrected chi connectivity index (χ1v) is 9.70. The topological polar surface area (TPSA) is 56.5 Å². The second-order valence-corrected chi connectivity index (χ2v) is 7.57. The molecule has 0 amide bonds. The molecule has 0 saturated carbocycles. The van der Waals surface area contributed by atoms with E-state index in [4.69, 9.17) is 0 Å². The third-order valence-electron chi connectivity index (χ3n) is 3.47. The summed E-state index contributed by atoms with van der Waals surface area (Å²) in [7, 11) is 0. The SMILES string of the molecule is CC[C@@H](C)Sc1nnc(CSc2ncccn2)n1-c1ccccc1. The maximum Gasteiger partial charge on any atom is 0.196 e. The minimum Gasteiger partial charge on any atom is -0.273 e. The fourth-order valence-electron chi connectivity index (χ4n) is 2.06. The van der Waals surface area contributed by atoms with Gasteiger partial charge in [-0.2, -0.15) is 0 Å². The van der Waals surface area contributed by atoms with Gasteiger partial charge in [0.2, 0.25) is 0 Å². The van der Waals surface area contributed by atoms with E-state index in [1.807, 2.05) is 24.3 Å². The number of hydrogen-bond donors (Lipinski definition) is 0. The molecule has 7 heteroatoms. The van der Waals surface area contributed by atoms with E-state index in [2.05, 4.69) is 50.7 Å². The quantitative estimate of drug-likeness (QED) is 0.466. The molecular formula is C17H19N5S2. The first-order valence-electron chi connectivity index (χ1n) is 7.84. The summed E-state index contributed by atoms with van der Waals surface area (Å²) in [5.74, 6) is 1.58. The second kappa shape index (κ2) is 8.30. The van der Waals surface area contributed by atoms with E-state index < -0.39 is 0 Å². The van der Waals surface area contributed by atoms with E-state index in [0.717, 1.165) is 28.2 Å². The Morgan fingerprint density at radius 2 is 1.79 bits per heavy atom. The van der Waals surface area contributed by atoms with Gasteiger partial charge >= 0.3 is 0 Å². The molecule has 0 fully saturated rings. The monoisotopic (exact) mass is 357 g/mol. The highest BCUT2D eigenvalue weighted by molar-refractivity contribution is 7.99. The number of nitrogens with zero attached hydrogens (tertiary/aromatic N) is 5. The predicted octanol–water partition coefficient (Wildman–Crippen LogP) is 4.24. The minimum absolute atomic E-state index is 0.495. The van der Waals surface area contributed by atoms with Gasteiger partial charge in [0, 0.05) is 23.3 Å². The van der Waals surface area contributed by atoms with Crippen molar-refractivity contribution < 1.29 is 0 Å². The van der Waals surface area contributed by atoms with Crippen LogP contribution in [0.4, 0.5) is 0 Å². The lowest BCUT2D eigenvalue weighted by Crippen LogP contribution is -2.04. The third-order valence-corrected chi connectivity index (χ3v) is 5.55. The van der Waals surface area contributed by atoms with E-state index in [1.54, 1.807) is 35.9 Å². The fourth-order valence-corrected chi connectivity index (χ4v) is 3.71. The summed E-state index contributed by atoms with van der Waals surface area (Å²) in [4.78, 5) is 8.51. The first kappa shape index (κ1) is 17.0. The molecule has 0 unspecified atom stereocenters. The Hall–Kier alpha value is -1.86. The molecule has 3 aromatic rings. The molecule has 5 nitrogen and oxygen atoms in total.